The summed E-state index contributed by atoms with van der Waals surface area (Å²) in [5.41, 5.74) is 6.93. The van der Waals surface area contributed by atoms with Gasteiger partial charge in [0.1, 0.15) is 17.3 Å². The summed E-state index contributed by atoms with van der Waals surface area (Å²) in [6.07, 6.45) is 5.04. The molecular formula is C15H17FN2O. The van der Waals surface area contributed by atoms with Crippen molar-refractivity contribution >= 4 is 0 Å². The van der Waals surface area contributed by atoms with Crippen molar-refractivity contribution in [3.05, 3.63) is 54.1 Å². The Morgan fingerprint density at radius 1 is 1.26 bits per heavy atom. The number of pyridine rings is 1. The first-order valence-electron chi connectivity index (χ1n) is 6.30. The van der Waals surface area contributed by atoms with Gasteiger partial charge in [0, 0.05) is 18.3 Å². The van der Waals surface area contributed by atoms with Crippen molar-refractivity contribution in [2.45, 2.75) is 25.8 Å². The zero-order valence-corrected chi connectivity index (χ0v) is 10.8. The molecule has 1 aromatic heterocycles. The van der Waals surface area contributed by atoms with Crippen LogP contribution in [0.2, 0.25) is 0 Å². The summed E-state index contributed by atoms with van der Waals surface area (Å²) in [4.78, 5) is 4.12. The standard InChI is InChI=1S/C15H17FN2O/c1-2-13(17)6-11-7-15(10-18-9-11)19-14-5-3-4-12(16)8-14/h3-5,7-10,13H,2,6,17H2,1H3. The van der Waals surface area contributed by atoms with Gasteiger partial charge in [-0.25, -0.2) is 4.39 Å². The molecule has 100 valence electrons. The zero-order chi connectivity index (χ0) is 13.7. The van der Waals surface area contributed by atoms with Gasteiger partial charge in [-0.1, -0.05) is 13.0 Å². The van der Waals surface area contributed by atoms with E-state index in [1.807, 2.05) is 13.0 Å². The van der Waals surface area contributed by atoms with E-state index in [-0.39, 0.29) is 11.9 Å². The Hall–Kier alpha value is -1.94. The van der Waals surface area contributed by atoms with Crippen LogP contribution < -0.4 is 10.5 Å². The molecule has 0 aliphatic rings. The molecule has 1 aromatic carbocycles. The SMILES string of the molecule is CCC(N)Cc1cncc(Oc2cccc(F)c2)c1. The van der Waals surface area contributed by atoms with Gasteiger partial charge in [-0.05, 0) is 36.6 Å². The van der Waals surface area contributed by atoms with Crippen molar-refractivity contribution < 1.29 is 9.13 Å². The molecule has 0 amide bonds. The van der Waals surface area contributed by atoms with Gasteiger partial charge in [0.15, 0.2) is 0 Å². The van der Waals surface area contributed by atoms with E-state index in [2.05, 4.69) is 4.98 Å². The Morgan fingerprint density at radius 2 is 2.11 bits per heavy atom. The summed E-state index contributed by atoms with van der Waals surface area (Å²) >= 11 is 0. The Balaban J connectivity index is 2.10. The molecule has 1 heterocycles. The number of hydrogen-bond acceptors (Lipinski definition) is 3. The second-order valence-electron chi connectivity index (χ2n) is 4.46. The number of ether oxygens (including phenoxy) is 1. The Labute approximate surface area is 112 Å². The maximum absolute atomic E-state index is 13.1. The van der Waals surface area contributed by atoms with Crippen LogP contribution in [0.25, 0.3) is 0 Å². The summed E-state index contributed by atoms with van der Waals surface area (Å²) in [6.45, 7) is 2.05. The maximum atomic E-state index is 13.1. The van der Waals surface area contributed by atoms with Gasteiger partial charge in [-0.15, -0.1) is 0 Å². The maximum Gasteiger partial charge on any atom is 0.145 e. The van der Waals surface area contributed by atoms with E-state index in [1.165, 1.54) is 12.1 Å². The van der Waals surface area contributed by atoms with Crippen LogP contribution in [-0.2, 0) is 6.42 Å². The highest BCUT2D eigenvalue weighted by molar-refractivity contribution is 5.31. The Bertz CT molecular complexity index is 545. The molecule has 0 saturated carbocycles. The van der Waals surface area contributed by atoms with Crippen molar-refractivity contribution in [2.75, 3.05) is 0 Å². The molecule has 3 nitrogen and oxygen atoms in total. The summed E-state index contributed by atoms with van der Waals surface area (Å²) < 4.78 is 18.6. The molecular weight excluding hydrogens is 243 g/mol. The lowest BCUT2D eigenvalue weighted by Crippen LogP contribution is -2.21. The lowest BCUT2D eigenvalue weighted by atomic mass is 10.1. The predicted molar refractivity (Wildman–Crippen MR) is 72.7 cm³/mol. The van der Waals surface area contributed by atoms with Crippen LogP contribution in [0.1, 0.15) is 18.9 Å². The Morgan fingerprint density at radius 3 is 2.84 bits per heavy atom. The largest absolute Gasteiger partial charge is 0.456 e. The zero-order valence-electron chi connectivity index (χ0n) is 10.8. The molecule has 0 bridgehead atoms. The van der Waals surface area contributed by atoms with Gasteiger partial charge in [-0.3, -0.25) is 4.98 Å². The summed E-state index contributed by atoms with van der Waals surface area (Å²) in [6, 6.07) is 8.02. The van der Waals surface area contributed by atoms with Gasteiger partial charge in [-0.2, -0.15) is 0 Å². The minimum absolute atomic E-state index is 0.117. The van der Waals surface area contributed by atoms with Crippen LogP contribution in [0.4, 0.5) is 4.39 Å². The Kier molecular flexibility index (Phi) is 4.47. The van der Waals surface area contributed by atoms with Gasteiger partial charge in [0.25, 0.3) is 0 Å². The first-order valence-corrected chi connectivity index (χ1v) is 6.30. The highest BCUT2D eigenvalue weighted by Crippen LogP contribution is 2.22. The molecule has 2 aromatic rings. The highest BCUT2D eigenvalue weighted by Gasteiger charge is 2.04. The fraction of sp³-hybridized carbons (Fsp3) is 0.267. The van der Waals surface area contributed by atoms with Crippen molar-refractivity contribution in [1.82, 2.24) is 4.98 Å². The van der Waals surface area contributed by atoms with Crippen molar-refractivity contribution in [2.24, 2.45) is 5.73 Å². The van der Waals surface area contributed by atoms with Crippen LogP contribution in [0, 0.1) is 5.82 Å². The average molecular weight is 260 g/mol. The molecule has 0 radical (unpaired) electrons. The van der Waals surface area contributed by atoms with E-state index in [1.54, 1.807) is 24.5 Å². The lowest BCUT2D eigenvalue weighted by Gasteiger charge is -2.10. The third-order valence-electron chi connectivity index (χ3n) is 2.82. The molecule has 0 fully saturated rings. The normalized spacial score (nSPS) is 12.2. The number of benzene rings is 1. The van der Waals surface area contributed by atoms with Crippen LogP contribution in [0.5, 0.6) is 11.5 Å². The summed E-state index contributed by atoms with van der Waals surface area (Å²) in [7, 11) is 0. The number of rotatable bonds is 5. The van der Waals surface area contributed by atoms with Gasteiger partial charge in [0.2, 0.25) is 0 Å². The van der Waals surface area contributed by atoms with Gasteiger partial charge >= 0.3 is 0 Å². The second-order valence-corrected chi connectivity index (χ2v) is 4.46. The van der Waals surface area contributed by atoms with E-state index >= 15 is 0 Å². The van der Waals surface area contributed by atoms with Crippen molar-refractivity contribution in [1.29, 1.82) is 0 Å². The third kappa shape index (κ3) is 4.03. The molecule has 2 rings (SSSR count). The molecule has 0 aliphatic heterocycles. The minimum Gasteiger partial charge on any atom is -0.456 e. The molecule has 0 aliphatic carbocycles. The monoisotopic (exact) mass is 260 g/mol. The predicted octanol–water partition coefficient (Wildman–Crippen LogP) is 3.29. The second kappa shape index (κ2) is 6.29. The van der Waals surface area contributed by atoms with Crippen molar-refractivity contribution in [3.63, 3.8) is 0 Å². The van der Waals surface area contributed by atoms with Crippen molar-refractivity contribution in [3.8, 4) is 11.5 Å². The topological polar surface area (TPSA) is 48.1 Å². The minimum atomic E-state index is -0.324. The van der Waals surface area contributed by atoms with Crippen LogP contribution in [0.15, 0.2) is 42.7 Å². The third-order valence-corrected chi connectivity index (χ3v) is 2.82. The van der Waals surface area contributed by atoms with E-state index in [0.29, 0.717) is 11.5 Å². The fourth-order valence-corrected chi connectivity index (χ4v) is 1.74. The van der Waals surface area contributed by atoms with E-state index in [9.17, 15) is 4.39 Å². The number of nitrogens with zero attached hydrogens (tertiary/aromatic N) is 1. The number of hydrogen-bond donors (Lipinski definition) is 1. The van der Waals surface area contributed by atoms with Crippen LogP contribution in [0.3, 0.4) is 0 Å². The van der Waals surface area contributed by atoms with E-state index < -0.39 is 0 Å². The molecule has 4 heteroatoms. The quantitative estimate of drug-likeness (QED) is 0.897. The fourth-order valence-electron chi connectivity index (χ4n) is 1.74. The lowest BCUT2D eigenvalue weighted by molar-refractivity contribution is 0.473. The number of nitrogens with two attached hydrogens (primary N) is 1. The molecule has 1 unspecified atom stereocenters. The summed E-state index contributed by atoms with van der Waals surface area (Å²) in [5.74, 6) is 0.722. The summed E-state index contributed by atoms with van der Waals surface area (Å²) in [5, 5.41) is 0. The molecule has 19 heavy (non-hydrogen) atoms. The first-order chi connectivity index (χ1) is 9.17. The van der Waals surface area contributed by atoms with Gasteiger partial charge < -0.3 is 10.5 Å². The smallest absolute Gasteiger partial charge is 0.145 e. The van der Waals surface area contributed by atoms with Crippen LogP contribution >= 0.6 is 0 Å². The number of halogens is 1. The highest BCUT2D eigenvalue weighted by atomic mass is 19.1. The van der Waals surface area contributed by atoms with E-state index in [4.69, 9.17) is 10.5 Å². The van der Waals surface area contributed by atoms with Gasteiger partial charge in [0.05, 0.1) is 6.20 Å². The molecule has 0 spiro atoms. The van der Waals surface area contributed by atoms with Crippen LogP contribution in [-0.4, -0.2) is 11.0 Å². The first kappa shape index (κ1) is 13.5. The average Bonchev–Trinajstić information content (AvgIpc) is 2.39. The number of aromatic nitrogens is 1. The van der Waals surface area contributed by atoms with E-state index in [0.717, 1.165) is 18.4 Å². The molecule has 1 atom stereocenters. The molecule has 0 saturated heterocycles. The molecule has 2 N–H and O–H groups in total.